The van der Waals surface area contributed by atoms with E-state index in [1.807, 2.05) is 6.07 Å². The van der Waals surface area contributed by atoms with Crippen molar-refractivity contribution < 1.29 is 0 Å². The third kappa shape index (κ3) is 3.31. The lowest BCUT2D eigenvalue weighted by molar-refractivity contribution is 1.04. The summed E-state index contributed by atoms with van der Waals surface area (Å²) >= 11 is 7.94. The highest BCUT2D eigenvalue weighted by atomic mass is 79.9. The molecule has 5 N–H and O–H groups in total. The van der Waals surface area contributed by atoms with Crippen LogP contribution < -0.4 is 16.9 Å². The molecule has 74 valence electrons. The lowest BCUT2D eigenvalue weighted by Crippen LogP contribution is -2.24. The summed E-state index contributed by atoms with van der Waals surface area (Å²) in [6.07, 6.45) is 1.60. The van der Waals surface area contributed by atoms with Crippen molar-refractivity contribution in [2.24, 2.45) is 10.8 Å². The minimum absolute atomic E-state index is 0.132. The van der Waals surface area contributed by atoms with Crippen molar-refractivity contribution >= 4 is 45.2 Å². The van der Waals surface area contributed by atoms with E-state index in [1.54, 1.807) is 18.3 Å². The van der Waals surface area contributed by atoms with Gasteiger partial charge in [0.25, 0.3) is 0 Å². The molecule has 1 aromatic carbocycles. The molecule has 4 nitrogen and oxygen atoms in total. The molecule has 0 saturated heterocycles. The highest BCUT2D eigenvalue weighted by Crippen LogP contribution is 2.17. The number of hydrazone groups is 1. The molecule has 0 aliphatic heterocycles. The van der Waals surface area contributed by atoms with E-state index in [0.29, 0.717) is 5.69 Å². The summed E-state index contributed by atoms with van der Waals surface area (Å²) in [4.78, 5) is 0. The molecule has 0 bridgehead atoms. The van der Waals surface area contributed by atoms with Crippen molar-refractivity contribution in [2.75, 3.05) is 5.73 Å². The van der Waals surface area contributed by atoms with Crippen LogP contribution in [0.2, 0.25) is 0 Å². The zero-order valence-electron chi connectivity index (χ0n) is 7.20. The van der Waals surface area contributed by atoms with Gasteiger partial charge >= 0.3 is 0 Å². The smallest absolute Gasteiger partial charge is 0.184 e. The van der Waals surface area contributed by atoms with E-state index >= 15 is 0 Å². The second kappa shape index (κ2) is 4.92. The molecule has 0 aliphatic carbocycles. The molecule has 0 aromatic heterocycles. The van der Waals surface area contributed by atoms with Gasteiger partial charge in [0.05, 0.1) is 6.21 Å². The molecule has 0 spiro atoms. The Bertz CT molecular complexity index is 378. The van der Waals surface area contributed by atoms with Crippen molar-refractivity contribution in [3.63, 3.8) is 0 Å². The molecule has 0 heterocycles. The summed E-state index contributed by atoms with van der Waals surface area (Å²) in [5, 5.41) is 3.95. The number of hydrogen-bond donors (Lipinski definition) is 3. The number of thiocarbonyl (C=S) groups is 1. The summed E-state index contributed by atoms with van der Waals surface area (Å²) in [5.74, 6) is 0. The van der Waals surface area contributed by atoms with Crippen LogP contribution in [0.3, 0.4) is 0 Å². The van der Waals surface area contributed by atoms with Crippen molar-refractivity contribution in [1.82, 2.24) is 5.43 Å². The number of hydrogen-bond acceptors (Lipinski definition) is 3. The first kappa shape index (κ1) is 10.9. The van der Waals surface area contributed by atoms with Gasteiger partial charge in [0.2, 0.25) is 0 Å². The van der Waals surface area contributed by atoms with Gasteiger partial charge in [-0.1, -0.05) is 22.0 Å². The fourth-order valence-corrected chi connectivity index (χ4v) is 1.37. The van der Waals surface area contributed by atoms with Crippen LogP contribution in [0, 0.1) is 0 Å². The summed E-state index contributed by atoms with van der Waals surface area (Å²) < 4.78 is 0.867. The van der Waals surface area contributed by atoms with E-state index in [0.717, 1.165) is 10.0 Å². The summed E-state index contributed by atoms with van der Waals surface area (Å²) in [5.41, 5.74) is 14.8. The quantitative estimate of drug-likeness (QED) is 0.327. The lowest BCUT2D eigenvalue weighted by Gasteiger charge is -1.99. The van der Waals surface area contributed by atoms with Crippen LogP contribution in [0.5, 0.6) is 0 Å². The van der Waals surface area contributed by atoms with Gasteiger partial charge in [0.1, 0.15) is 0 Å². The Labute approximate surface area is 95.5 Å². The minimum atomic E-state index is 0.132. The second-order valence-electron chi connectivity index (χ2n) is 2.52. The zero-order chi connectivity index (χ0) is 10.6. The fourth-order valence-electron chi connectivity index (χ4n) is 0.814. The Balaban J connectivity index is 2.76. The first-order valence-corrected chi connectivity index (χ1v) is 4.93. The average molecular weight is 273 g/mol. The van der Waals surface area contributed by atoms with E-state index < -0.39 is 0 Å². The average Bonchev–Trinajstić information content (AvgIpc) is 2.08. The van der Waals surface area contributed by atoms with Crippen LogP contribution >= 0.6 is 28.1 Å². The molecule has 1 aromatic rings. The third-order valence-electron chi connectivity index (χ3n) is 1.40. The lowest BCUT2D eigenvalue weighted by atomic mass is 10.2. The van der Waals surface area contributed by atoms with Crippen LogP contribution in [0.15, 0.2) is 27.8 Å². The van der Waals surface area contributed by atoms with Gasteiger partial charge in [0, 0.05) is 15.7 Å². The topological polar surface area (TPSA) is 76.4 Å². The second-order valence-corrected chi connectivity index (χ2v) is 3.81. The fraction of sp³-hybridized carbons (Fsp3) is 0. The van der Waals surface area contributed by atoms with Crippen LogP contribution in [-0.2, 0) is 0 Å². The molecular weight excluding hydrogens is 264 g/mol. The van der Waals surface area contributed by atoms with Gasteiger partial charge in [-0.05, 0) is 24.4 Å². The maximum Gasteiger partial charge on any atom is 0.184 e. The number of nitrogens with two attached hydrogens (primary N) is 2. The molecule has 0 amide bonds. The summed E-state index contributed by atoms with van der Waals surface area (Å²) in [6.45, 7) is 0. The largest absolute Gasteiger partial charge is 0.399 e. The standard InChI is InChI=1S/C8H9BrN4S/c9-7-3-6(10)2-1-5(7)4-12-13-8(11)14/h1-4H,10H2,(H3,11,13,14)/b12-4+. The predicted octanol–water partition coefficient (Wildman–Crippen LogP) is 1.20. The molecule has 14 heavy (non-hydrogen) atoms. The SMILES string of the molecule is NC(=S)N/N=C/c1ccc(N)cc1Br. The van der Waals surface area contributed by atoms with E-state index in [2.05, 4.69) is 38.7 Å². The summed E-state index contributed by atoms with van der Waals surface area (Å²) in [6, 6.07) is 5.42. The van der Waals surface area contributed by atoms with Gasteiger partial charge < -0.3 is 11.5 Å². The van der Waals surface area contributed by atoms with Gasteiger partial charge in [-0.25, -0.2) is 0 Å². The molecule has 0 fully saturated rings. The Morgan fingerprint density at radius 2 is 2.29 bits per heavy atom. The molecule has 0 unspecified atom stereocenters. The van der Waals surface area contributed by atoms with Crippen molar-refractivity contribution in [2.45, 2.75) is 0 Å². The maximum absolute atomic E-state index is 5.57. The first-order valence-electron chi connectivity index (χ1n) is 3.73. The first-order chi connectivity index (χ1) is 6.59. The molecule has 0 saturated carbocycles. The van der Waals surface area contributed by atoms with Crippen molar-refractivity contribution in [3.8, 4) is 0 Å². The van der Waals surface area contributed by atoms with Crippen LogP contribution in [-0.4, -0.2) is 11.3 Å². The number of nitrogens with zero attached hydrogens (tertiary/aromatic N) is 1. The summed E-state index contributed by atoms with van der Waals surface area (Å²) in [7, 11) is 0. The molecular formula is C8H9BrN4S. The normalized spacial score (nSPS) is 10.4. The molecule has 6 heteroatoms. The highest BCUT2D eigenvalue weighted by Gasteiger charge is 1.96. The van der Waals surface area contributed by atoms with Crippen molar-refractivity contribution in [1.29, 1.82) is 0 Å². The third-order valence-corrected chi connectivity index (χ3v) is 2.18. The Kier molecular flexibility index (Phi) is 3.84. The van der Waals surface area contributed by atoms with E-state index in [4.69, 9.17) is 11.5 Å². The predicted molar refractivity (Wildman–Crippen MR) is 66.1 cm³/mol. The highest BCUT2D eigenvalue weighted by molar-refractivity contribution is 9.10. The monoisotopic (exact) mass is 272 g/mol. The number of halogens is 1. The van der Waals surface area contributed by atoms with E-state index in [9.17, 15) is 0 Å². The van der Waals surface area contributed by atoms with Gasteiger partial charge in [-0.15, -0.1) is 0 Å². The van der Waals surface area contributed by atoms with Crippen LogP contribution in [0.25, 0.3) is 0 Å². The zero-order valence-corrected chi connectivity index (χ0v) is 9.60. The minimum Gasteiger partial charge on any atom is -0.399 e. The molecule has 0 atom stereocenters. The number of nitrogens with one attached hydrogen (secondary N) is 1. The number of rotatable bonds is 2. The van der Waals surface area contributed by atoms with Crippen LogP contribution in [0.4, 0.5) is 5.69 Å². The molecule has 1 rings (SSSR count). The van der Waals surface area contributed by atoms with Crippen LogP contribution in [0.1, 0.15) is 5.56 Å². The van der Waals surface area contributed by atoms with E-state index in [1.165, 1.54) is 0 Å². The molecule has 0 radical (unpaired) electrons. The van der Waals surface area contributed by atoms with Gasteiger partial charge in [-0.3, -0.25) is 5.43 Å². The van der Waals surface area contributed by atoms with Crippen molar-refractivity contribution in [3.05, 3.63) is 28.2 Å². The van der Waals surface area contributed by atoms with Gasteiger partial charge in [-0.2, -0.15) is 5.10 Å². The number of anilines is 1. The van der Waals surface area contributed by atoms with E-state index in [-0.39, 0.29) is 5.11 Å². The molecule has 0 aliphatic rings. The Morgan fingerprint density at radius 3 is 2.86 bits per heavy atom. The number of benzene rings is 1. The number of nitrogen functional groups attached to an aromatic ring is 1. The Morgan fingerprint density at radius 1 is 1.57 bits per heavy atom. The Hall–Kier alpha value is -1.14. The maximum atomic E-state index is 5.57. The van der Waals surface area contributed by atoms with Gasteiger partial charge in [0.15, 0.2) is 5.11 Å².